The summed E-state index contributed by atoms with van der Waals surface area (Å²) >= 11 is 0. The lowest BCUT2D eigenvalue weighted by atomic mass is 9.76. The highest BCUT2D eigenvalue weighted by atomic mass is 16.5. The molecule has 4 aliphatic rings. The van der Waals surface area contributed by atoms with Gasteiger partial charge < -0.3 is 14.5 Å². The van der Waals surface area contributed by atoms with E-state index < -0.39 is 0 Å². The first-order chi connectivity index (χ1) is 12.6. The number of amides is 1. The molecule has 0 aromatic carbocycles. The topological polar surface area (TPSA) is 36.0 Å². The fourth-order valence-corrected chi connectivity index (χ4v) is 5.85. The monoisotopic (exact) mass is 363 g/mol. The van der Waals surface area contributed by atoms with Crippen LogP contribution in [0.25, 0.3) is 0 Å². The van der Waals surface area contributed by atoms with Gasteiger partial charge in [0.25, 0.3) is 0 Å². The van der Waals surface area contributed by atoms with Crippen LogP contribution in [0.3, 0.4) is 0 Å². The number of hydrogen-bond acceptors (Lipinski definition) is 4. The number of ether oxygens (including phenoxy) is 1. The van der Waals surface area contributed by atoms with Gasteiger partial charge >= 0.3 is 0 Å². The molecule has 0 aromatic rings. The lowest BCUT2D eigenvalue weighted by molar-refractivity contribution is -0.134. The number of nitrogens with zero attached hydrogens (tertiary/aromatic N) is 3. The average molecular weight is 364 g/mol. The van der Waals surface area contributed by atoms with Crippen molar-refractivity contribution < 1.29 is 9.53 Å². The second-order valence-electron chi connectivity index (χ2n) is 9.42. The summed E-state index contributed by atoms with van der Waals surface area (Å²) in [6.45, 7) is 8.33. The van der Waals surface area contributed by atoms with Crippen molar-refractivity contribution >= 4 is 5.91 Å². The maximum Gasteiger partial charge on any atom is 0.222 e. The lowest BCUT2D eigenvalue weighted by Gasteiger charge is -2.39. The van der Waals surface area contributed by atoms with Crippen molar-refractivity contribution in [1.29, 1.82) is 0 Å². The zero-order valence-corrected chi connectivity index (χ0v) is 16.6. The first-order valence-electron chi connectivity index (χ1n) is 10.9. The molecule has 3 saturated heterocycles. The second kappa shape index (κ2) is 8.15. The first-order valence-corrected chi connectivity index (χ1v) is 10.9. The van der Waals surface area contributed by atoms with Gasteiger partial charge in [-0.1, -0.05) is 12.8 Å². The molecule has 148 valence electrons. The molecule has 0 radical (unpaired) electrons. The summed E-state index contributed by atoms with van der Waals surface area (Å²) in [6, 6.07) is 0.675. The minimum Gasteiger partial charge on any atom is -0.379 e. The van der Waals surface area contributed by atoms with E-state index in [-0.39, 0.29) is 0 Å². The molecule has 0 bridgehead atoms. The predicted octanol–water partition coefficient (Wildman–Crippen LogP) is 2.21. The van der Waals surface area contributed by atoms with E-state index in [9.17, 15) is 4.79 Å². The number of rotatable bonds is 4. The fourth-order valence-electron chi connectivity index (χ4n) is 5.85. The molecule has 1 saturated carbocycles. The minimum absolute atomic E-state index is 0.433. The molecule has 5 heteroatoms. The van der Waals surface area contributed by atoms with E-state index in [0.717, 1.165) is 45.8 Å². The van der Waals surface area contributed by atoms with E-state index in [1.807, 2.05) is 0 Å². The molecule has 1 unspecified atom stereocenters. The van der Waals surface area contributed by atoms with Crippen LogP contribution in [0.15, 0.2) is 0 Å². The van der Waals surface area contributed by atoms with Crippen molar-refractivity contribution in [1.82, 2.24) is 14.7 Å². The molecule has 1 aliphatic carbocycles. The Labute approximate surface area is 159 Å². The van der Waals surface area contributed by atoms with Crippen LogP contribution < -0.4 is 0 Å². The molecule has 1 atom stereocenters. The largest absolute Gasteiger partial charge is 0.379 e. The summed E-state index contributed by atoms with van der Waals surface area (Å²) in [7, 11) is 2.30. The van der Waals surface area contributed by atoms with E-state index >= 15 is 0 Å². The predicted molar refractivity (Wildman–Crippen MR) is 103 cm³/mol. The third kappa shape index (κ3) is 4.26. The van der Waals surface area contributed by atoms with Crippen LogP contribution in [0.4, 0.5) is 0 Å². The van der Waals surface area contributed by atoms with Crippen LogP contribution in [0.2, 0.25) is 0 Å². The Bertz CT molecular complexity index is 478. The highest BCUT2D eigenvalue weighted by Crippen LogP contribution is 2.43. The number of likely N-dealkylation sites (N-methyl/N-ethyl adjacent to an activating group) is 1. The maximum atomic E-state index is 12.6. The number of carbonyl (C=O) groups excluding carboxylic acids is 1. The Hall–Kier alpha value is -0.650. The SMILES string of the molecule is CN1CC2(CCN(C(=O)CC3CCCC3)CC2)CC1CN1CCOCC1. The van der Waals surface area contributed by atoms with Gasteiger partial charge in [0.1, 0.15) is 0 Å². The normalized spacial score (nSPS) is 31.1. The average Bonchev–Trinajstić information content (AvgIpc) is 3.25. The van der Waals surface area contributed by atoms with Crippen molar-refractivity contribution in [3.05, 3.63) is 0 Å². The molecular weight excluding hydrogens is 326 g/mol. The lowest BCUT2D eigenvalue weighted by Crippen LogP contribution is -2.44. The number of carbonyl (C=O) groups is 1. The van der Waals surface area contributed by atoms with E-state index in [1.165, 1.54) is 58.0 Å². The molecule has 1 amide bonds. The molecule has 0 N–H and O–H groups in total. The fraction of sp³-hybridized carbons (Fsp3) is 0.952. The zero-order valence-electron chi connectivity index (χ0n) is 16.6. The molecule has 0 aromatic heterocycles. The van der Waals surface area contributed by atoms with Crippen molar-refractivity contribution in [3.63, 3.8) is 0 Å². The standard InChI is InChI=1S/C21H37N3O2/c1-22-17-21(15-19(22)16-23-10-12-26-13-11-23)6-8-24(9-7-21)20(25)14-18-4-2-3-5-18/h18-19H,2-17H2,1H3. The summed E-state index contributed by atoms with van der Waals surface area (Å²) in [5.74, 6) is 1.11. The third-order valence-electron chi connectivity index (χ3n) is 7.56. The van der Waals surface area contributed by atoms with Crippen LogP contribution in [0.5, 0.6) is 0 Å². The quantitative estimate of drug-likeness (QED) is 0.767. The van der Waals surface area contributed by atoms with Gasteiger partial charge in [-0.15, -0.1) is 0 Å². The van der Waals surface area contributed by atoms with E-state index in [2.05, 4.69) is 21.7 Å². The maximum absolute atomic E-state index is 12.6. The Kier molecular flexibility index (Phi) is 5.87. The van der Waals surface area contributed by atoms with Gasteiger partial charge in [0.15, 0.2) is 0 Å². The minimum atomic E-state index is 0.433. The van der Waals surface area contributed by atoms with Crippen molar-refractivity contribution in [2.75, 3.05) is 59.5 Å². The van der Waals surface area contributed by atoms with Gasteiger partial charge in [0.2, 0.25) is 5.91 Å². The smallest absolute Gasteiger partial charge is 0.222 e. The summed E-state index contributed by atoms with van der Waals surface area (Å²) in [4.78, 5) is 20.0. The third-order valence-corrected chi connectivity index (χ3v) is 7.56. The van der Waals surface area contributed by atoms with Crippen LogP contribution >= 0.6 is 0 Å². The summed E-state index contributed by atoms with van der Waals surface area (Å²) in [5.41, 5.74) is 0.454. The molecule has 5 nitrogen and oxygen atoms in total. The summed E-state index contributed by atoms with van der Waals surface area (Å²) in [6.07, 6.45) is 9.74. The Balaban J connectivity index is 1.26. The molecule has 3 heterocycles. The number of hydrogen-bond donors (Lipinski definition) is 0. The van der Waals surface area contributed by atoms with Gasteiger partial charge in [0.05, 0.1) is 13.2 Å². The summed E-state index contributed by atoms with van der Waals surface area (Å²) in [5, 5.41) is 0. The summed E-state index contributed by atoms with van der Waals surface area (Å²) < 4.78 is 5.49. The number of likely N-dealkylation sites (tertiary alicyclic amines) is 2. The van der Waals surface area contributed by atoms with Crippen LogP contribution in [-0.2, 0) is 9.53 Å². The van der Waals surface area contributed by atoms with E-state index in [1.54, 1.807) is 0 Å². The number of morpholine rings is 1. The van der Waals surface area contributed by atoms with Gasteiger partial charge in [-0.3, -0.25) is 9.69 Å². The first kappa shape index (κ1) is 18.7. The van der Waals surface area contributed by atoms with Gasteiger partial charge in [-0.05, 0) is 50.5 Å². The van der Waals surface area contributed by atoms with Crippen LogP contribution in [0.1, 0.15) is 51.4 Å². The van der Waals surface area contributed by atoms with E-state index in [4.69, 9.17) is 4.74 Å². The van der Waals surface area contributed by atoms with Crippen molar-refractivity contribution in [2.24, 2.45) is 11.3 Å². The highest BCUT2D eigenvalue weighted by Gasteiger charge is 2.45. The van der Waals surface area contributed by atoms with Crippen LogP contribution in [0, 0.1) is 11.3 Å². The molecule has 4 rings (SSSR count). The van der Waals surface area contributed by atoms with Gasteiger partial charge in [-0.2, -0.15) is 0 Å². The number of piperidine rings is 1. The van der Waals surface area contributed by atoms with Gasteiger partial charge in [-0.25, -0.2) is 0 Å². The van der Waals surface area contributed by atoms with Crippen LogP contribution in [-0.4, -0.2) is 86.2 Å². The molecule has 1 spiro atoms. The molecule has 4 fully saturated rings. The molecule has 3 aliphatic heterocycles. The van der Waals surface area contributed by atoms with Gasteiger partial charge in [0, 0.05) is 51.7 Å². The van der Waals surface area contributed by atoms with Crippen molar-refractivity contribution in [3.8, 4) is 0 Å². The zero-order chi connectivity index (χ0) is 18.0. The van der Waals surface area contributed by atoms with E-state index in [0.29, 0.717) is 23.3 Å². The molecule has 26 heavy (non-hydrogen) atoms. The highest BCUT2D eigenvalue weighted by molar-refractivity contribution is 5.76. The Morgan fingerprint density at radius 3 is 2.46 bits per heavy atom. The molecular formula is C21H37N3O2. The van der Waals surface area contributed by atoms with Crippen molar-refractivity contribution in [2.45, 2.75) is 57.4 Å². The Morgan fingerprint density at radius 1 is 1.08 bits per heavy atom. The Morgan fingerprint density at radius 2 is 1.77 bits per heavy atom. The second-order valence-corrected chi connectivity index (χ2v) is 9.42.